The van der Waals surface area contributed by atoms with Gasteiger partial charge in [-0.05, 0) is 24.3 Å². The molecule has 0 aliphatic carbocycles. The lowest BCUT2D eigenvalue weighted by atomic mass is 10.1. The molecule has 3 aromatic rings. The highest BCUT2D eigenvalue weighted by Crippen LogP contribution is 2.25. The molecule has 0 bridgehead atoms. The fourth-order valence-corrected chi connectivity index (χ4v) is 3.63. The van der Waals surface area contributed by atoms with Crippen molar-refractivity contribution in [3.05, 3.63) is 48.5 Å². The molecule has 0 saturated heterocycles. The molecule has 1 atom stereocenters. The highest BCUT2D eigenvalue weighted by atomic mass is 32.1. The smallest absolute Gasteiger partial charge is 0.249 e. The van der Waals surface area contributed by atoms with Gasteiger partial charge in [-0.15, -0.1) is 0 Å². The maximum Gasteiger partial charge on any atom is 0.249 e. The van der Waals surface area contributed by atoms with Crippen LogP contribution in [0.4, 0.5) is 10.8 Å². The summed E-state index contributed by atoms with van der Waals surface area (Å²) in [4.78, 5) is 33.4. The standard InChI is InChI=1S/C19H17N5O3S/c1-27-12-6-4-5-11(9-12)20-17(26)14-10-16(25)23-18(21-14)24-19-22-13-7-2-3-8-15(13)28-19/h2-9,14H,10H2,1H3,(H,20,26)(H2,21,22,23,24,25)/t14-/m1/s1. The van der Waals surface area contributed by atoms with Gasteiger partial charge in [0.1, 0.15) is 11.8 Å². The average Bonchev–Trinajstić information content (AvgIpc) is 3.09. The zero-order valence-electron chi connectivity index (χ0n) is 14.9. The lowest BCUT2D eigenvalue weighted by molar-refractivity contribution is -0.124. The van der Waals surface area contributed by atoms with E-state index in [9.17, 15) is 9.59 Å². The molecule has 2 aromatic carbocycles. The fraction of sp³-hybridized carbons (Fsp3) is 0.158. The second kappa shape index (κ2) is 7.65. The second-order valence-electron chi connectivity index (χ2n) is 6.08. The number of fused-ring (bicyclic) bond motifs is 1. The third-order valence-electron chi connectivity index (χ3n) is 4.08. The van der Waals surface area contributed by atoms with Crippen LogP contribution in [0.2, 0.25) is 0 Å². The summed E-state index contributed by atoms with van der Waals surface area (Å²) in [7, 11) is 1.55. The molecule has 142 valence electrons. The number of amides is 2. The highest BCUT2D eigenvalue weighted by Gasteiger charge is 2.27. The van der Waals surface area contributed by atoms with E-state index in [-0.39, 0.29) is 24.2 Å². The van der Waals surface area contributed by atoms with E-state index in [1.807, 2.05) is 24.3 Å². The topological polar surface area (TPSA) is 105 Å². The zero-order chi connectivity index (χ0) is 19.5. The number of nitrogens with zero attached hydrogens (tertiary/aromatic N) is 2. The molecule has 1 aliphatic rings. The quantitative estimate of drug-likeness (QED) is 0.630. The molecule has 8 nitrogen and oxygen atoms in total. The van der Waals surface area contributed by atoms with Crippen molar-refractivity contribution in [1.29, 1.82) is 0 Å². The number of hydrogen-bond acceptors (Lipinski definition) is 7. The number of nitrogens with one attached hydrogen (secondary N) is 3. The molecule has 3 N–H and O–H groups in total. The number of para-hydroxylation sites is 1. The van der Waals surface area contributed by atoms with Crippen molar-refractivity contribution >= 4 is 50.1 Å². The normalized spacial score (nSPS) is 16.2. The van der Waals surface area contributed by atoms with Crippen LogP contribution in [0.3, 0.4) is 0 Å². The molecule has 0 saturated carbocycles. The Hall–Kier alpha value is -3.46. The van der Waals surface area contributed by atoms with Gasteiger partial charge >= 0.3 is 0 Å². The summed E-state index contributed by atoms with van der Waals surface area (Å²) in [5.74, 6) is 0.179. The third kappa shape index (κ3) is 3.94. The molecule has 2 heterocycles. The molecular weight excluding hydrogens is 378 g/mol. The van der Waals surface area contributed by atoms with Crippen molar-refractivity contribution in [2.75, 3.05) is 17.7 Å². The van der Waals surface area contributed by atoms with Gasteiger partial charge in [-0.2, -0.15) is 0 Å². The number of methoxy groups -OCH3 is 1. The number of carbonyl (C=O) groups excluding carboxylic acids is 2. The fourth-order valence-electron chi connectivity index (χ4n) is 2.76. The first-order valence-electron chi connectivity index (χ1n) is 8.56. The predicted octanol–water partition coefficient (Wildman–Crippen LogP) is 2.60. The monoisotopic (exact) mass is 395 g/mol. The van der Waals surface area contributed by atoms with Crippen LogP contribution in [0.25, 0.3) is 10.2 Å². The van der Waals surface area contributed by atoms with E-state index in [4.69, 9.17) is 4.74 Å². The molecule has 1 aliphatic heterocycles. The Morgan fingerprint density at radius 2 is 2.11 bits per heavy atom. The summed E-state index contributed by atoms with van der Waals surface area (Å²) in [6, 6.07) is 13.9. The van der Waals surface area contributed by atoms with Gasteiger partial charge in [-0.3, -0.25) is 14.9 Å². The molecule has 0 spiro atoms. The Morgan fingerprint density at radius 3 is 2.93 bits per heavy atom. The molecule has 9 heteroatoms. The van der Waals surface area contributed by atoms with Crippen molar-refractivity contribution < 1.29 is 14.3 Å². The number of guanidine groups is 1. The van der Waals surface area contributed by atoms with Crippen LogP contribution in [-0.2, 0) is 9.59 Å². The summed E-state index contributed by atoms with van der Waals surface area (Å²) in [6.07, 6.45) is -0.0270. The van der Waals surface area contributed by atoms with Gasteiger partial charge in [-0.1, -0.05) is 29.5 Å². The van der Waals surface area contributed by atoms with E-state index < -0.39 is 6.04 Å². The lowest BCUT2D eigenvalue weighted by Gasteiger charge is -2.20. The predicted molar refractivity (Wildman–Crippen MR) is 109 cm³/mol. The van der Waals surface area contributed by atoms with Crippen LogP contribution in [0.1, 0.15) is 6.42 Å². The first kappa shape index (κ1) is 17.9. The van der Waals surface area contributed by atoms with Gasteiger partial charge < -0.3 is 15.4 Å². The van der Waals surface area contributed by atoms with Gasteiger partial charge in [0, 0.05) is 11.8 Å². The molecule has 4 rings (SSSR count). The summed E-state index contributed by atoms with van der Waals surface area (Å²) in [5.41, 5.74) is 1.43. The Morgan fingerprint density at radius 1 is 1.25 bits per heavy atom. The van der Waals surface area contributed by atoms with E-state index in [1.54, 1.807) is 31.4 Å². The largest absolute Gasteiger partial charge is 0.497 e. The van der Waals surface area contributed by atoms with Crippen LogP contribution in [0.5, 0.6) is 5.75 Å². The van der Waals surface area contributed by atoms with Gasteiger partial charge in [0.15, 0.2) is 5.13 Å². The Kier molecular flexibility index (Phi) is 4.90. The maximum absolute atomic E-state index is 12.6. The number of hydrogen-bond donors (Lipinski definition) is 3. The van der Waals surface area contributed by atoms with Crippen molar-refractivity contribution in [2.45, 2.75) is 12.5 Å². The minimum Gasteiger partial charge on any atom is -0.497 e. The summed E-state index contributed by atoms with van der Waals surface area (Å²) in [6.45, 7) is 0. The number of benzene rings is 2. The second-order valence-corrected chi connectivity index (χ2v) is 7.11. The minimum absolute atomic E-state index is 0.0270. The number of thiazole rings is 1. The third-order valence-corrected chi connectivity index (χ3v) is 5.03. The number of ether oxygens (including phenoxy) is 1. The number of rotatable bonds is 4. The number of aromatic nitrogens is 1. The summed E-state index contributed by atoms with van der Waals surface area (Å²) in [5, 5.41) is 8.99. The van der Waals surface area contributed by atoms with Crippen LogP contribution < -0.4 is 20.7 Å². The summed E-state index contributed by atoms with van der Waals surface area (Å²) < 4.78 is 6.16. The first-order valence-corrected chi connectivity index (χ1v) is 9.37. The van der Waals surface area contributed by atoms with Gasteiger partial charge in [0.25, 0.3) is 0 Å². The van der Waals surface area contributed by atoms with E-state index >= 15 is 0 Å². The molecule has 28 heavy (non-hydrogen) atoms. The van der Waals surface area contributed by atoms with Crippen molar-refractivity contribution in [2.24, 2.45) is 4.99 Å². The zero-order valence-corrected chi connectivity index (χ0v) is 15.7. The van der Waals surface area contributed by atoms with Crippen molar-refractivity contribution in [3.63, 3.8) is 0 Å². The molecule has 2 amide bonds. The molecule has 1 aromatic heterocycles. The average molecular weight is 395 g/mol. The Bertz CT molecular complexity index is 1050. The first-order chi connectivity index (χ1) is 13.6. The van der Waals surface area contributed by atoms with Crippen molar-refractivity contribution in [1.82, 2.24) is 10.3 Å². The lowest BCUT2D eigenvalue weighted by Crippen LogP contribution is -2.45. The van der Waals surface area contributed by atoms with Gasteiger partial charge in [0.05, 0.1) is 23.7 Å². The van der Waals surface area contributed by atoms with Crippen LogP contribution >= 0.6 is 11.3 Å². The van der Waals surface area contributed by atoms with Crippen LogP contribution in [0.15, 0.2) is 53.5 Å². The van der Waals surface area contributed by atoms with Crippen LogP contribution in [0, 0.1) is 0 Å². The number of aliphatic imine (C=N–C) groups is 1. The van der Waals surface area contributed by atoms with Gasteiger partial charge in [0.2, 0.25) is 17.8 Å². The SMILES string of the molecule is COc1cccc(NC(=O)[C@H]2CC(=O)NC(Nc3nc4ccccc4s3)=N2)c1. The van der Waals surface area contributed by atoms with Crippen LogP contribution in [-0.4, -0.2) is 35.9 Å². The molecule has 0 unspecified atom stereocenters. The molecule has 0 radical (unpaired) electrons. The molecular formula is C19H17N5O3S. The number of anilines is 2. The van der Waals surface area contributed by atoms with E-state index in [0.29, 0.717) is 16.6 Å². The summed E-state index contributed by atoms with van der Waals surface area (Å²) >= 11 is 1.44. The number of carbonyl (C=O) groups is 2. The van der Waals surface area contributed by atoms with E-state index in [2.05, 4.69) is 25.9 Å². The van der Waals surface area contributed by atoms with Gasteiger partial charge in [-0.25, -0.2) is 9.98 Å². The highest BCUT2D eigenvalue weighted by molar-refractivity contribution is 7.22. The molecule has 0 fully saturated rings. The Balaban J connectivity index is 1.50. The minimum atomic E-state index is -0.836. The van der Waals surface area contributed by atoms with Crippen molar-refractivity contribution in [3.8, 4) is 5.75 Å². The van der Waals surface area contributed by atoms with E-state index in [1.165, 1.54) is 11.3 Å². The van der Waals surface area contributed by atoms with E-state index in [0.717, 1.165) is 10.2 Å². The maximum atomic E-state index is 12.6. The Labute approximate surface area is 164 Å².